The molecule has 0 spiro atoms. The first kappa shape index (κ1) is 14.1. The molecule has 2 N–H and O–H groups in total. The number of aromatic nitrogens is 1. The summed E-state index contributed by atoms with van der Waals surface area (Å²) in [5, 5.41) is 6.09. The monoisotopic (exact) mass is 269 g/mol. The van der Waals surface area contributed by atoms with Gasteiger partial charge in [-0.05, 0) is 37.1 Å². The molecule has 0 radical (unpaired) electrons. The van der Waals surface area contributed by atoms with Crippen molar-refractivity contribution in [1.82, 2.24) is 4.98 Å². The Balaban J connectivity index is 2.11. The van der Waals surface area contributed by atoms with Crippen molar-refractivity contribution in [3.05, 3.63) is 53.7 Å². The van der Waals surface area contributed by atoms with Gasteiger partial charge in [0.15, 0.2) is 0 Å². The molecule has 0 saturated heterocycles. The molecule has 2 rings (SSSR count). The minimum Gasteiger partial charge on any atom is -0.370 e. The lowest BCUT2D eigenvalue weighted by Gasteiger charge is -2.09. The fraction of sp³-hybridized carbons (Fsp3) is 0.250. The van der Waals surface area contributed by atoms with Crippen LogP contribution in [0.25, 0.3) is 0 Å². The summed E-state index contributed by atoms with van der Waals surface area (Å²) < 4.78 is 0. The van der Waals surface area contributed by atoms with Gasteiger partial charge in [0, 0.05) is 24.0 Å². The second kappa shape index (κ2) is 6.70. The topological polar surface area (TPSA) is 54.0 Å². The Hall–Kier alpha value is -2.36. The third-order valence-electron chi connectivity index (χ3n) is 2.97. The predicted octanol–water partition coefficient (Wildman–Crippen LogP) is 3.46. The third kappa shape index (κ3) is 3.57. The predicted molar refractivity (Wildman–Crippen MR) is 82.1 cm³/mol. The fourth-order valence-corrected chi connectivity index (χ4v) is 1.83. The van der Waals surface area contributed by atoms with Gasteiger partial charge in [-0.15, -0.1) is 0 Å². The van der Waals surface area contributed by atoms with E-state index in [4.69, 9.17) is 0 Å². The Morgan fingerprint density at radius 2 is 2.05 bits per heavy atom. The van der Waals surface area contributed by atoms with Gasteiger partial charge in [-0.3, -0.25) is 4.79 Å². The maximum Gasteiger partial charge on any atom is 0.255 e. The molecule has 1 aromatic heterocycles. The van der Waals surface area contributed by atoms with Crippen LogP contribution in [0.5, 0.6) is 0 Å². The molecular weight excluding hydrogens is 250 g/mol. The number of amides is 1. The van der Waals surface area contributed by atoms with Crippen molar-refractivity contribution in [1.29, 1.82) is 0 Å². The lowest BCUT2D eigenvalue weighted by atomic mass is 10.2. The van der Waals surface area contributed by atoms with Crippen LogP contribution < -0.4 is 10.6 Å². The van der Waals surface area contributed by atoms with Gasteiger partial charge in [-0.2, -0.15) is 0 Å². The smallest absolute Gasteiger partial charge is 0.255 e. The Bertz CT molecular complexity index is 596. The van der Waals surface area contributed by atoms with E-state index >= 15 is 0 Å². The minimum atomic E-state index is -0.124. The van der Waals surface area contributed by atoms with Gasteiger partial charge in [-0.25, -0.2) is 4.98 Å². The highest BCUT2D eigenvalue weighted by Gasteiger charge is 2.08. The lowest BCUT2D eigenvalue weighted by molar-refractivity contribution is 0.102. The molecular formula is C16H19N3O. The van der Waals surface area contributed by atoms with Crippen molar-refractivity contribution in [2.45, 2.75) is 20.3 Å². The number of rotatable bonds is 5. The van der Waals surface area contributed by atoms with E-state index in [9.17, 15) is 4.79 Å². The van der Waals surface area contributed by atoms with Crippen molar-refractivity contribution in [2.24, 2.45) is 0 Å². The number of pyridine rings is 1. The molecule has 0 atom stereocenters. The molecule has 4 nitrogen and oxygen atoms in total. The number of carbonyl (C=O) groups excluding carboxylic acids is 1. The number of benzene rings is 1. The van der Waals surface area contributed by atoms with Crippen LogP contribution in [0.3, 0.4) is 0 Å². The second-order valence-corrected chi connectivity index (χ2v) is 4.63. The van der Waals surface area contributed by atoms with Crippen LogP contribution in [-0.2, 0) is 0 Å². The number of para-hydroxylation sites is 1. The molecule has 4 heteroatoms. The minimum absolute atomic E-state index is 0.124. The first-order valence-corrected chi connectivity index (χ1v) is 6.77. The molecule has 20 heavy (non-hydrogen) atoms. The Morgan fingerprint density at radius 3 is 2.80 bits per heavy atom. The molecule has 2 aromatic rings. The summed E-state index contributed by atoms with van der Waals surface area (Å²) >= 11 is 0. The van der Waals surface area contributed by atoms with E-state index in [0.717, 1.165) is 30.0 Å². The number of carbonyl (C=O) groups is 1. The number of anilines is 2. The van der Waals surface area contributed by atoms with Crippen LogP contribution >= 0.6 is 0 Å². The molecule has 0 bridgehead atoms. The molecule has 0 saturated carbocycles. The number of hydrogen-bond donors (Lipinski definition) is 2. The van der Waals surface area contributed by atoms with Crippen LogP contribution in [0.1, 0.15) is 29.3 Å². The van der Waals surface area contributed by atoms with Crippen molar-refractivity contribution in [2.75, 3.05) is 17.2 Å². The Kier molecular flexibility index (Phi) is 4.71. The normalized spacial score (nSPS) is 10.1. The van der Waals surface area contributed by atoms with Gasteiger partial charge < -0.3 is 10.6 Å². The largest absolute Gasteiger partial charge is 0.370 e. The van der Waals surface area contributed by atoms with E-state index in [-0.39, 0.29) is 5.91 Å². The third-order valence-corrected chi connectivity index (χ3v) is 2.97. The molecule has 1 aromatic carbocycles. The molecule has 1 amide bonds. The quantitative estimate of drug-likeness (QED) is 0.874. The zero-order valence-electron chi connectivity index (χ0n) is 11.8. The molecule has 0 aliphatic rings. The first-order valence-electron chi connectivity index (χ1n) is 6.77. The Labute approximate surface area is 119 Å². The van der Waals surface area contributed by atoms with Gasteiger partial charge in [0.1, 0.15) is 5.82 Å². The van der Waals surface area contributed by atoms with Crippen LogP contribution in [0.15, 0.2) is 42.6 Å². The number of nitrogens with one attached hydrogen (secondary N) is 2. The van der Waals surface area contributed by atoms with Gasteiger partial charge in [0.25, 0.3) is 5.91 Å². The van der Waals surface area contributed by atoms with Crippen LogP contribution in [0.4, 0.5) is 11.5 Å². The summed E-state index contributed by atoms with van der Waals surface area (Å²) in [6.07, 6.45) is 2.66. The highest BCUT2D eigenvalue weighted by atomic mass is 16.1. The fourth-order valence-electron chi connectivity index (χ4n) is 1.83. The molecule has 0 aliphatic carbocycles. The van der Waals surface area contributed by atoms with E-state index in [0.29, 0.717) is 5.56 Å². The molecule has 0 aliphatic heterocycles. The van der Waals surface area contributed by atoms with E-state index < -0.39 is 0 Å². The number of aryl methyl sites for hydroxylation is 1. The standard InChI is InChI=1S/C16H19N3O/c1-3-9-17-15-11-13(8-10-18-15)16(20)19-14-7-5-4-6-12(14)2/h4-8,10-11H,3,9H2,1-2H3,(H,17,18)(H,19,20). The summed E-state index contributed by atoms with van der Waals surface area (Å²) in [5.41, 5.74) is 2.47. The Morgan fingerprint density at radius 1 is 1.25 bits per heavy atom. The second-order valence-electron chi connectivity index (χ2n) is 4.63. The molecule has 1 heterocycles. The van der Waals surface area contributed by atoms with Crippen LogP contribution in [0.2, 0.25) is 0 Å². The number of hydrogen-bond acceptors (Lipinski definition) is 3. The summed E-state index contributed by atoms with van der Waals surface area (Å²) in [6.45, 7) is 4.90. The van der Waals surface area contributed by atoms with Gasteiger partial charge >= 0.3 is 0 Å². The highest BCUT2D eigenvalue weighted by Crippen LogP contribution is 2.15. The van der Waals surface area contributed by atoms with E-state index in [1.807, 2.05) is 31.2 Å². The molecule has 0 unspecified atom stereocenters. The summed E-state index contributed by atoms with van der Waals surface area (Å²) in [4.78, 5) is 16.4. The average molecular weight is 269 g/mol. The van der Waals surface area contributed by atoms with E-state index in [1.165, 1.54) is 0 Å². The zero-order chi connectivity index (χ0) is 14.4. The van der Waals surface area contributed by atoms with Crippen LogP contribution in [0, 0.1) is 6.92 Å². The SMILES string of the molecule is CCCNc1cc(C(=O)Nc2ccccc2C)ccn1. The summed E-state index contributed by atoms with van der Waals surface area (Å²) in [5.74, 6) is 0.602. The average Bonchev–Trinajstić information content (AvgIpc) is 2.48. The van der Waals surface area contributed by atoms with Crippen molar-refractivity contribution < 1.29 is 4.79 Å². The maximum atomic E-state index is 12.2. The lowest BCUT2D eigenvalue weighted by Crippen LogP contribution is -2.13. The molecule has 104 valence electrons. The number of nitrogens with zero attached hydrogens (tertiary/aromatic N) is 1. The molecule has 0 fully saturated rings. The maximum absolute atomic E-state index is 12.2. The van der Waals surface area contributed by atoms with Crippen molar-refractivity contribution in [3.63, 3.8) is 0 Å². The van der Waals surface area contributed by atoms with E-state index in [1.54, 1.807) is 18.3 Å². The first-order chi connectivity index (χ1) is 9.70. The van der Waals surface area contributed by atoms with Crippen LogP contribution in [-0.4, -0.2) is 17.4 Å². The highest BCUT2D eigenvalue weighted by molar-refractivity contribution is 6.04. The van der Waals surface area contributed by atoms with Crippen molar-refractivity contribution >= 4 is 17.4 Å². The van der Waals surface area contributed by atoms with Gasteiger partial charge in [0.05, 0.1) is 0 Å². The summed E-state index contributed by atoms with van der Waals surface area (Å²) in [7, 11) is 0. The zero-order valence-corrected chi connectivity index (χ0v) is 11.8. The van der Waals surface area contributed by atoms with Crippen molar-refractivity contribution in [3.8, 4) is 0 Å². The van der Waals surface area contributed by atoms with E-state index in [2.05, 4.69) is 22.5 Å². The van der Waals surface area contributed by atoms with Gasteiger partial charge in [-0.1, -0.05) is 25.1 Å². The van der Waals surface area contributed by atoms with Gasteiger partial charge in [0.2, 0.25) is 0 Å². The summed E-state index contributed by atoms with van der Waals surface area (Å²) in [6, 6.07) is 11.2.